The zero-order valence-electron chi connectivity index (χ0n) is 25.3. The molecule has 2 saturated heterocycles. The number of benzene rings is 2. The molecule has 0 saturated carbocycles. The van der Waals surface area contributed by atoms with Crippen LogP contribution in [0.25, 0.3) is 22.2 Å². The molecule has 2 aromatic carbocycles. The van der Waals surface area contributed by atoms with Gasteiger partial charge in [0.05, 0.1) is 42.7 Å². The van der Waals surface area contributed by atoms with Crippen molar-refractivity contribution in [2.45, 2.75) is 70.8 Å². The Morgan fingerprint density at radius 2 is 1.72 bits per heavy atom. The van der Waals surface area contributed by atoms with Gasteiger partial charge in [-0.3, -0.25) is 4.90 Å². The Morgan fingerprint density at radius 1 is 1.00 bits per heavy atom. The van der Waals surface area contributed by atoms with E-state index in [0.717, 1.165) is 51.2 Å². The zero-order chi connectivity index (χ0) is 30.7. The molecule has 10 heteroatoms. The summed E-state index contributed by atoms with van der Waals surface area (Å²) < 4.78 is 58.1. The molecule has 5 rings (SSSR count). The van der Waals surface area contributed by atoms with Crippen LogP contribution in [0.1, 0.15) is 67.4 Å². The summed E-state index contributed by atoms with van der Waals surface area (Å²) in [5.41, 5.74) is 1.02. The van der Waals surface area contributed by atoms with Gasteiger partial charge in [0.2, 0.25) is 0 Å². The summed E-state index contributed by atoms with van der Waals surface area (Å²) in [6, 6.07) is 9.00. The first-order valence-electron chi connectivity index (χ1n) is 15.0. The second kappa shape index (κ2) is 13.1. The molecule has 3 heterocycles. The van der Waals surface area contributed by atoms with E-state index in [2.05, 4.69) is 9.80 Å². The van der Waals surface area contributed by atoms with Crippen molar-refractivity contribution in [3.8, 4) is 22.8 Å². The van der Waals surface area contributed by atoms with Crippen LogP contribution in [0.2, 0.25) is 0 Å². The van der Waals surface area contributed by atoms with Crippen molar-refractivity contribution in [1.29, 1.82) is 0 Å². The number of carbonyl (C=O) groups excluding carboxylic acids is 1. The standard InChI is InChI=1S/C33H40F3N3O4/c1-21(2)43-29-18-25-27(19-28(29)41-3)37-31(22-9-8-10-23(17-22)33(34,35)36)26(30(25)32(40)42-4)20-38-15-11-24(12-16-38)39-13-6-5-7-14-39/h8-10,17-19,21,24H,5-7,11-16,20H2,1-4H3. The number of esters is 1. The van der Waals surface area contributed by atoms with Crippen LogP contribution in [0.15, 0.2) is 36.4 Å². The fraction of sp³-hybridized carbons (Fsp3) is 0.515. The number of aromatic nitrogens is 1. The van der Waals surface area contributed by atoms with Crippen molar-refractivity contribution in [2.75, 3.05) is 40.4 Å². The number of pyridine rings is 1. The molecule has 0 N–H and O–H groups in total. The summed E-state index contributed by atoms with van der Waals surface area (Å²) in [7, 11) is 2.81. The van der Waals surface area contributed by atoms with Gasteiger partial charge in [-0.2, -0.15) is 13.2 Å². The monoisotopic (exact) mass is 599 g/mol. The van der Waals surface area contributed by atoms with Gasteiger partial charge in [0, 0.05) is 35.2 Å². The number of methoxy groups -OCH3 is 2. The largest absolute Gasteiger partial charge is 0.493 e. The van der Waals surface area contributed by atoms with E-state index in [4.69, 9.17) is 19.2 Å². The number of hydrogen-bond donors (Lipinski definition) is 0. The summed E-state index contributed by atoms with van der Waals surface area (Å²) in [4.78, 5) is 23.3. The van der Waals surface area contributed by atoms with E-state index >= 15 is 0 Å². The van der Waals surface area contributed by atoms with Crippen molar-refractivity contribution in [3.63, 3.8) is 0 Å². The van der Waals surface area contributed by atoms with Crippen LogP contribution in [0, 0.1) is 0 Å². The first-order chi connectivity index (χ1) is 20.6. The minimum Gasteiger partial charge on any atom is -0.493 e. The summed E-state index contributed by atoms with van der Waals surface area (Å²) in [5, 5.41) is 0.497. The van der Waals surface area contributed by atoms with Crippen LogP contribution in [0.3, 0.4) is 0 Å². The van der Waals surface area contributed by atoms with Crippen LogP contribution >= 0.6 is 0 Å². The van der Waals surface area contributed by atoms with Crippen molar-refractivity contribution >= 4 is 16.9 Å². The van der Waals surface area contributed by atoms with E-state index in [9.17, 15) is 18.0 Å². The van der Waals surface area contributed by atoms with Gasteiger partial charge in [-0.05, 0) is 83.9 Å². The molecule has 7 nitrogen and oxygen atoms in total. The van der Waals surface area contributed by atoms with Gasteiger partial charge < -0.3 is 19.1 Å². The minimum atomic E-state index is -4.53. The minimum absolute atomic E-state index is 0.161. The number of halogens is 3. The molecule has 3 aromatic rings. The second-order valence-electron chi connectivity index (χ2n) is 11.7. The first kappa shape index (κ1) is 31.1. The average molecular weight is 600 g/mol. The summed E-state index contributed by atoms with van der Waals surface area (Å²) >= 11 is 0. The van der Waals surface area contributed by atoms with Crippen LogP contribution in [0.5, 0.6) is 11.5 Å². The fourth-order valence-electron chi connectivity index (χ4n) is 6.34. The van der Waals surface area contributed by atoms with E-state index < -0.39 is 17.7 Å². The number of likely N-dealkylation sites (tertiary alicyclic amines) is 2. The molecule has 43 heavy (non-hydrogen) atoms. The molecule has 0 bridgehead atoms. The van der Waals surface area contributed by atoms with Gasteiger partial charge in [-0.25, -0.2) is 9.78 Å². The molecule has 0 amide bonds. The Balaban J connectivity index is 1.63. The SMILES string of the molecule is COC(=O)c1c(CN2CCC(N3CCCCC3)CC2)c(-c2cccc(C(F)(F)F)c2)nc2cc(OC)c(OC(C)C)cc12. The van der Waals surface area contributed by atoms with E-state index in [1.807, 2.05) is 13.8 Å². The summed E-state index contributed by atoms with van der Waals surface area (Å²) in [6.07, 6.45) is 1.06. The Labute approximate surface area is 250 Å². The highest BCUT2D eigenvalue weighted by atomic mass is 19.4. The number of alkyl halides is 3. The maximum absolute atomic E-state index is 13.8. The Hall–Kier alpha value is -3.37. The molecule has 2 aliphatic heterocycles. The number of fused-ring (bicyclic) bond motifs is 1. The lowest BCUT2D eigenvalue weighted by Crippen LogP contribution is -2.46. The number of ether oxygens (including phenoxy) is 3. The molecule has 2 fully saturated rings. The number of nitrogens with zero attached hydrogens (tertiary/aromatic N) is 3. The van der Waals surface area contributed by atoms with Crippen molar-refractivity contribution in [2.24, 2.45) is 0 Å². The Morgan fingerprint density at radius 3 is 2.35 bits per heavy atom. The van der Waals surface area contributed by atoms with Crippen LogP contribution in [0.4, 0.5) is 13.2 Å². The predicted octanol–water partition coefficient (Wildman–Crippen LogP) is 6.95. The summed E-state index contributed by atoms with van der Waals surface area (Å²) in [5.74, 6) is 0.267. The van der Waals surface area contributed by atoms with Crippen molar-refractivity contribution < 1.29 is 32.2 Å². The third-order valence-electron chi connectivity index (χ3n) is 8.43. The van der Waals surface area contributed by atoms with Gasteiger partial charge >= 0.3 is 12.1 Å². The second-order valence-corrected chi connectivity index (χ2v) is 11.7. The predicted molar refractivity (Wildman–Crippen MR) is 160 cm³/mol. The van der Waals surface area contributed by atoms with Crippen molar-refractivity contribution in [3.05, 3.63) is 53.1 Å². The van der Waals surface area contributed by atoms with E-state index in [0.29, 0.717) is 46.2 Å². The number of carbonyl (C=O) groups is 1. The van der Waals surface area contributed by atoms with Crippen LogP contribution in [-0.2, 0) is 17.5 Å². The number of hydrogen-bond acceptors (Lipinski definition) is 7. The fourth-order valence-corrected chi connectivity index (χ4v) is 6.34. The highest BCUT2D eigenvalue weighted by Gasteiger charge is 2.32. The molecule has 2 aliphatic rings. The van der Waals surface area contributed by atoms with E-state index in [-0.39, 0.29) is 17.2 Å². The summed E-state index contributed by atoms with van der Waals surface area (Å²) in [6.45, 7) is 8.01. The van der Waals surface area contributed by atoms with Crippen molar-refractivity contribution in [1.82, 2.24) is 14.8 Å². The zero-order valence-corrected chi connectivity index (χ0v) is 25.3. The van der Waals surface area contributed by atoms with Gasteiger partial charge in [-0.1, -0.05) is 18.6 Å². The Bertz CT molecular complexity index is 1450. The van der Waals surface area contributed by atoms with Gasteiger partial charge in [0.1, 0.15) is 0 Å². The normalized spacial score (nSPS) is 17.4. The van der Waals surface area contributed by atoms with Gasteiger partial charge in [0.25, 0.3) is 0 Å². The molecule has 0 unspecified atom stereocenters. The van der Waals surface area contributed by atoms with Crippen LogP contribution < -0.4 is 9.47 Å². The topological polar surface area (TPSA) is 64.1 Å². The molecule has 0 aliphatic carbocycles. The highest BCUT2D eigenvalue weighted by Crippen LogP contribution is 2.40. The molecule has 232 valence electrons. The quantitative estimate of drug-likeness (QED) is 0.260. The first-order valence-corrected chi connectivity index (χ1v) is 15.0. The smallest absolute Gasteiger partial charge is 0.416 e. The maximum Gasteiger partial charge on any atom is 0.416 e. The lowest BCUT2D eigenvalue weighted by Gasteiger charge is -2.40. The number of piperidine rings is 2. The van der Waals surface area contributed by atoms with E-state index in [1.165, 1.54) is 39.5 Å². The molecular formula is C33H40F3N3O4. The molecule has 0 atom stereocenters. The molecule has 1 aromatic heterocycles. The molecule has 0 radical (unpaired) electrons. The lowest BCUT2D eigenvalue weighted by molar-refractivity contribution is -0.137. The highest BCUT2D eigenvalue weighted by molar-refractivity contribution is 6.07. The van der Waals surface area contributed by atoms with Gasteiger partial charge in [-0.15, -0.1) is 0 Å². The lowest BCUT2D eigenvalue weighted by atomic mass is 9.93. The average Bonchev–Trinajstić information content (AvgIpc) is 3.00. The van der Waals surface area contributed by atoms with Crippen LogP contribution in [-0.4, -0.2) is 73.3 Å². The Kier molecular flexibility index (Phi) is 9.46. The maximum atomic E-state index is 13.8. The molecular weight excluding hydrogens is 559 g/mol. The van der Waals surface area contributed by atoms with E-state index in [1.54, 1.807) is 18.2 Å². The third kappa shape index (κ3) is 6.91. The third-order valence-corrected chi connectivity index (χ3v) is 8.43. The molecule has 0 spiro atoms. The van der Waals surface area contributed by atoms with Gasteiger partial charge in [0.15, 0.2) is 11.5 Å². The number of rotatable bonds is 8.